The molecular formula is C22H24NO5+. The summed E-state index contributed by atoms with van der Waals surface area (Å²) in [7, 11) is 0. The van der Waals surface area contributed by atoms with Gasteiger partial charge in [0.2, 0.25) is 5.43 Å². The van der Waals surface area contributed by atoms with Crippen LogP contribution in [-0.2, 0) is 6.54 Å². The van der Waals surface area contributed by atoms with Gasteiger partial charge in [-0.25, -0.2) is 0 Å². The largest absolute Gasteiger partial charge is 0.507 e. The summed E-state index contributed by atoms with van der Waals surface area (Å²) in [6.07, 6.45) is 1.47. The number of hydrogen-bond donors (Lipinski definition) is 2. The van der Waals surface area contributed by atoms with E-state index in [9.17, 15) is 9.90 Å². The van der Waals surface area contributed by atoms with Crippen molar-refractivity contribution in [1.82, 2.24) is 0 Å². The van der Waals surface area contributed by atoms with Crippen molar-refractivity contribution in [2.75, 3.05) is 26.3 Å². The van der Waals surface area contributed by atoms with Crippen LogP contribution in [0, 0.1) is 0 Å². The van der Waals surface area contributed by atoms with Crippen LogP contribution in [-0.4, -0.2) is 31.4 Å². The molecule has 0 bridgehead atoms. The van der Waals surface area contributed by atoms with Crippen LogP contribution in [0.2, 0.25) is 0 Å². The smallest absolute Gasteiger partial charge is 0.200 e. The standard InChI is InChI=1S/C22H23NO5/c1-3-23(4-2)12-16-18(24)7-6-15-21(25)17(13-28-22(15)16)14-5-8-19-20(11-14)27-10-9-26-19/h5-8,11,13,24H,3-4,9-10,12H2,1-2H3/p+1. The molecule has 0 aliphatic carbocycles. The Balaban J connectivity index is 1.82. The molecule has 1 aliphatic heterocycles. The van der Waals surface area contributed by atoms with E-state index in [4.69, 9.17) is 13.9 Å². The molecule has 0 atom stereocenters. The van der Waals surface area contributed by atoms with Crippen LogP contribution in [0.25, 0.3) is 22.1 Å². The first-order valence-corrected chi connectivity index (χ1v) is 9.62. The number of nitrogens with one attached hydrogen (secondary N) is 1. The minimum atomic E-state index is -0.131. The first-order chi connectivity index (χ1) is 13.6. The summed E-state index contributed by atoms with van der Waals surface area (Å²) in [5.41, 5.74) is 2.15. The van der Waals surface area contributed by atoms with E-state index in [0.717, 1.165) is 13.1 Å². The van der Waals surface area contributed by atoms with Gasteiger partial charge in [0.05, 0.1) is 29.6 Å². The molecule has 2 heterocycles. The predicted molar refractivity (Wildman–Crippen MR) is 106 cm³/mol. The molecule has 0 spiro atoms. The molecule has 0 amide bonds. The van der Waals surface area contributed by atoms with Crippen LogP contribution >= 0.6 is 0 Å². The zero-order valence-corrected chi connectivity index (χ0v) is 16.1. The summed E-state index contributed by atoms with van der Waals surface area (Å²) < 4.78 is 17.0. The molecule has 3 aromatic rings. The lowest BCUT2D eigenvalue weighted by Gasteiger charge is -2.19. The van der Waals surface area contributed by atoms with Crippen LogP contribution in [0.4, 0.5) is 0 Å². The molecule has 0 fully saturated rings. The predicted octanol–water partition coefficient (Wildman–Crippen LogP) is 2.36. The normalized spacial score (nSPS) is 13.2. The maximum Gasteiger partial charge on any atom is 0.200 e. The molecule has 0 unspecified atom stereocenters. The van der Waals surface area contributed by atoms with E-state index in [1.807, 2.05) is 6.07 Å². The molecule has 0 radical (unpaired) electrons. The average molecular weight is 382 g/mol. The first-order valence-electron chi connectivity index (χ1n) is 9.62. The zero-order valence-electron chi connectivity index (χ0n) is 16.1. The number of phenolic OH excluding ortho intramolecular Hbond substituents is 1. The molecule has 6 heteroatoms. The van der Waals surface area contributed by atoms with Crippen molar-refractivity contribution >= 4 is 11.0 Å². The summed E-state index contributed by atoms with van der Waals surface area (Å²) in [5, 5.41) is 10.8. The van der Waals surface area contributed by atoms with Gasteiger partial charge in [0.25, 0.3) is 0 Å². The lowest BCUT2D eigenvalue weighted by molar-refractivity contribution is -0.910. The van der Waals surface area contributed by atoms with Gasteiger partial charge < -0.3 is 23.9 Å². The van der Waals surface area contributed by atoms with Gasteiger partial charge in [-0.1, -0.05) is 6.07 Å². The zero-order chi connectivity index (χ0) is 19.7. The Labute approximate surface area is 162 Å². The van der Waals surface area contributed by atoms with Crippen molar-refractivity contribution < 1.29 is 23.9 Å². The van der Waals surface area contributed by atoms with Crippen molar-refractivity contribution in [1.29, 1.82) is 0 Å². The Bertz CT molecular complexity index is 1070. The lowest BCUT2D eigenvalue weighted by atomic mass is 10.0. The van der Waals surface area contributed by atoms with Crippen LogP contribution in [0.15, 0.2) is 45.8 Å². The van der Waals surface area contributed by atoms with E-state index in [-0.39, 0.29) is 11.2 Å². The van der Waals surface area contributed by atoms with E-state index < -0.39 is 0 Å². The van der Waals surface area contributed by atoms with Gasteiger partial charge >= 0.3 is 0 Å². The monoisotopic (exact) mass is 382 g/mol. The number of aromatic hydroxyl groups is 1. The molecule has 1 aromatic heterocycles. The fourth-order valence-electron chi connectivity index (χ4n) is 3.58. The number of hydrogen-bond acceptors (Lipinski definition) is 5. The maximum atomic E-state index is 13.2. The highest BCUT2D eigenvalue weighted by Crippen LogP contribution is 2.34. The van der Waals surface area contributed by atoms with Crippen molar-refractivity contribution in [2.45, 2.75) is 20.4 Å². The minimum absolute atomic E-state index is 0.131. The van der Waals surface area contributed by atoms with Gasteiger partial charge in [-0.2, -0.15) is 0 Å². The molecule has 1 aliphatic rings. The van der Waals surface area contributed by atoms with Crippen molar-refractivity contribution in [2.24, 2.45) is 0 Å². The Hall–Kier alpha value is -2.99. The molecule has 28 heavy (non-hydrogen) atoms. The Morgan fingerprint density at radius 1 is 1.04 bits per heavy atom. The lowest BCUT2D eigenvalue weighted by Crippen LogP contribution is -3.10. The number of phenols is 1. The van der Waals surface area contributed by atoms with Gasteiger partial charge in [0, 0.05) is 0 Å². The Morgan fingerprint density at radius 2 is 1.79 bits per heavy atom. The van der Waals surface area contributed by atoms with E-state index in [0.29, 0.717) is 58.9 Å². The SMILES string of the molecule is CC[NH+](CC)Cc1c(O)ccc2c(=O)c(-c3ccc4c(c3)OCCO4)coc12. The molecule has 146 valence electrons. The van der Waals surface area contributed by atoms with Gasteiger partial charge in [-0.3, -0.25) is 4.79 Å². The second-order valence-electron chi connectivity index (χ2n) is 6.91. The van der Waals surface area contributed by atoms with Gasteiger partial charge in [-0.15, -0.1) is 0 Å². The second-order valence-corrected chi connectivity index (χ2v) is 6.91. The minimum Gasteiger partial charge on any atom is -0.507 e. The molecule has 4 rings (SSSR count). The third-order valence-corrected chi connectivity index (χ3v) is 5.30. The fourth-order valence-corrected chi connectivity index (χ4v) is 3.58. The topological polar surface area (TPSA) is 73.3 Å². The summed E-state index contributed by atoms with van der Waals surface area (Å²) in [5.74, 6) is 1.46. The number of quaternary nitrogens is 1. The molecule has 6 nitrogen and oxygen atoms in total. The highest BCUT2D eigenvalue weighted by atomic mass is 16.6. The van der Waals surface area contributed by atoms with Crippen molar-refractivity contribution in [3.63, 3.8) is 0 Å². The second kappa shape index (κ2) is 7.56. The number of ether oxygens (including phenoxy) is 2. The van der Waals surface area contributed by atoms with E-state index in [2.05, 4.69) is 13.8 Å². The highest BCUT2D eigenvalue weighted by molar-refractivity contribution is 5.85. The number of benzene rings is 2. The average Bonchev–Trinajstić information content (AvgIpc) is 2.73. The third-order valence-electron chi connectivity index (χ3n) is 5.30. The van der Waals surface area contributed by atoms with Gasteiger partial charge in [0.15, 0.2) is 11.5 Å². The molecule has 2 N–H and O–H groups in total. The van der Waals surface area contributed by atoms with E-state index >= 15 is 0 Å². The summed E-state index contributed by atoms with van der Waals surface area (Å²) in [6.45, 7) is 7.64. The maximum absolute atomic E-state index is 13.2. The van der Waals surface area contributed by atoms with E-state index in [1.165, 1.54) is 11.2 Å². The summed E-state index contributed by atoms with van der Waals surface area (Å²) in [6, 6.07) is 8.63. The molecular weight excluding hydrogens is 358 g/mol. The first kappa shape index (κ1) is 18.4. The summed E-state index contributed by atoms with van der Waals surface area (Å²) >= 11 is 0. The van der Waals surface area contributed by atoms with Gasteiger partial charge in [0.1, 0.15) is 37.4 Å². The molecule has 0 saturated carbocycles. The Kier molecular flexibility index (Phi) is 4.96. The third kappa shape index (κ3) is 3.20. The van der Waals surface area contributed by atoms with Crippen molar-refractivity contribution in [3.05, 3.63) is 52.4 Å². The quantitative estimate of drug-likeness (QED) is 0.709. The van der Waals surface area contributed by atoms with Gasteiger partial charge in [-0.05, 0) is 43.7 Å². The van der Waals surface area contributed by atoms with Crippen LogP contribution in [0.1, 0.15) is 19.4 Å². The van der Waals surface area contributed by atoms with Crippen LogP contribution < -0.4 is 19.8 Å². The highest BCUT2D eigenvalue weighted by Gasteiger charge is 2.19. The van der Waals surface area contributed by atoms with E-state index in [1.54, 1.807) is 24.3 Å². The number of rotatable bonds is 5. The Morgan fingerprint density at radius 3 is 2.54 bits per heavy atom. The molecule has 0 saturated heterocycles. The molecule has 2 aromatic carbocycles. The van der Waals surface area contributed by atoms with Crippen molar-refractivity contribution in [3.8, 4) is 28.4 Å². The van der Waals surface area contributed by atoms with Crippen LogP contribution in [0.3, 0.4) is 0 Å². The van der Waals surface area contributed by atoms with Crippen LogP contribution in [0.5, 0.6) is 17.2 Å². The summed E-state index contributed by atoms with van der Waals surface area (Å²) in [4.78, 5) is 14.5. The number of fused-ring (bicyclic) bond motifs is 2. The fraction of sp³-hybridized carbons (Fsp3) is 0.318.